The molecule has 8 heteroatoms. The van der Waals surface area contributed by atoms with Gasteiger partial charge in [-0.25, -0.2) is 9.97 Å². The van der Waals surface area contributed by atoms with Gasteiger partial charge in [-0.15, -0.1) is 0 Å². The van der Waals surface area contributed by atoms with Crippen LogP contribution in [0.2, 0.25) is 0 Å². The van der Waals surface area contributed by atoms with Gasteiger partial charge in [-0.3, -0.25) is 14.6 Å². The number of hydrogen-bond donors (Lipinski definition) is 3. The molecule has 0 atom stereocenters. The SMILES string of the molecule is CCC(=O)c1ncc(C2CC3(CNC3)C2)cc1NC(=O)CNCc1ccncn1. The molecule has 1 aliphatic carbocycles. The van der Waals surface area contributed by atoms with Crippen LogP contribution < -0.4 is 16.0 Å². The van der Waals surface area contributed by atoms with Crippen molar-refractivity contribution in [3.8, 4) is 0 Å². The third-order valence-electron chi connectivity index (χ3n) is 5.83. The Morgan fingerprint density at radius 2 is 2.10 bits per heavy atom. The van der Waals surface area contributed by atoms with Crippen LogP contribution in [0.5, 0.6) is 0 Å². The van der Waals surface area contributed by atoms with Crippen LogP contribution in [-0.2, 0) is 11.3 Å². The van der Waals surface area contributed by atoms with Crippen LogP contribution in [0.25, 0.3) is 0 Å². The number of carbonyl (C=O) groups is 2. The van der Waals surface area contributed by atoms with Gasteiger partial charge in [-0.1, -0.05) is 6.92 Å². The minimum Gasteiger partial charge on any atom is -0.323 e. The number of nitrogens with one attached hydrogen (secondary N) is 3. The van der Waals surface area contributed by atoms with E-state index in [0.717, 1.165) is 37.2 Å². The maximum atomic E-state index is 12.4. The Morgan fingerprint density at radius 3 is 2.76 bits per heavy atom. The summed E-state index contributed by atoms with van der Waals surface area (Å²) in [6.45, 7) is 4.56. The molecule has 1 amide bonds. The lowest BCUT2D eigenvalue weighted by atomic mass is 9.57. The highest BCUT2D eigenvalue weighted by atomic mass is 16.2. The van der Waals surface area contributed by atoms with E-state index >= 15 is 0 Å². The summed E-state index contributed by atoms with van der Waals surface area (Å²) in [5.41, 5.74) is 3.20. The van der Waals surface area contributed by atoms with Crippen LogP contribution in [0.4, 0.5) is 5.69 Å². The molecule has 2 aromatic heterocycles. The van der Waals surface area contributed by atoms with Crippen LogP contribution in [0.1, 0.15) is 53.8 Å². The van der Waals surface area contributed by atoms with Gasteiger partial charge in [0.2, 0.25) is 5.91 Å². The van der Waals surface area contributed by atoms with E-state index in [1.165, 1.54) is 6.33 Å². The van der Waals surface area contributed by atoms with E-state index in [4.69, 9.17) is 0 Å². The van der Waals surface area contributed by atoms with Crippen molar-refractivity contribution >= 4 is 17.4 Å². The second-order valence-electron chi connectivity index (χ2n) is 8.00. The fourth-order valence-electron chi connectivity index (χ4n) is 4.10. The third kappa shape index (κ3) is 4.33. The summed E-state index contributed by atoms with van der Waals surface area (Å²) in [6.07, 6.45) is 7.55. The lowest BCUT2D eigenvalue weighted by molar-refractivity contribution is -0.115. The van der Waals surface area contributed by atoms with Gasteiger partial charge >= 0.3 is 0 Å². The molecule has 3 N–H and O–H groups in total. The Hall–Kier alpha value is -2.71. The number of aromatic nitrogens is 3. The summed E-state index contributed by atoms with van der Waals surface area (Å²) >= 11 is 0. The highest BCUT2D eigenvalue weighted by molar-refractivity contribution is 6.03. The predicted molar refractivity (Wildman–Crippen MR) is 109 cm³/mol. The quantitative estimate of drug-likeness (QED) is 0.584. The molecule has 0 radical (unpaired) electrons. The summed E-state index contributed by atoms with van der Waals surface area (Å²) in [6, 6.07) is 3.72. The van der Waals surface area contributed by atoms with Crippen molar-refractivity contribution in [3.63, 3.8) is 0 Å². The molecular formula is C21H26N6O2. The smallest absolute Gasteiger partial charge is 0.238 e. The van der Waals surface area contributed by atoms with Crippen molar-refractivity contribution in [2.75, 3.05) is 25.0 Å². The van der Waals surface area contributed by atoms with Crippen molar-refractivity contribution in [1.29, 1.82) is 0 Å². The third-order valence-corrected chi connectivity index (χ3v) is 5.83. The molecule has 1 aliphatic heterocycles. The van der Waals surface area contributed by atoms with Gasteiger partial charge in [0.05, 0.1) is 17.9 Å². The van der Waals surface area contributed by atoms with Gasteiger partial charge in [0, 0.05) is 38.4 Å². The first-order chi connectivity index (χ1) is 14.1. The number of anilines is 1. The molecule has 2 aromatic rings. The van der Waals surface area contributed by atoms with Crippen molar-refractivity contribution < 1.29 is 9.59 Å². The summed E-state index contributed by atoms with van der Waals surface area (Å²) in [7, 11) is 0. The number of pyridine rings is 1. The first-order valence-electron chi connectivity index (χ1n) is 10.1. The predicted octanol–water partition coefficient (Wildman–Crippen LogP) is 1.66. The van der Waals surface area contributed by atoms with E-state index in [1.807, 2.05) is 6.07 Å². The summed E-state index contributed by atoms with van der Waals surface area (Å²) < 4.78 is 0. The van der Waals surface area contributed by atoms with Crippen molar-refractivity contribution in [1.82, 2.24) is 25.6 Å². The molecule has 4 rings (SSSR count). The molecule has 1 spiro atoms. The fraction of sp³-hybridized carbons (Fsp3) is 0.476. The van der Waals surface area contributed by atoms with E-state index in [1.54, 1.807) is 25.4 Å². The highest BCUT2D eigenvalue weighted by Crippen LogP contribution is 2.53. The second-order valence-corrected chi connectivity index (χ2v) is 8.00. The molecule has 2 fully saturated rings. The van der Waals surface area contributed by atoms with Crippen LogP contribution in [0.15, 0.2) is 30.9 Å². The Balaban J connectivity index is 1.40. The normalized spacial score (nSPS) is 17.4. The van der Waals surface area contributed by atoms with Gasteiger partial charge in [0.15, 0.2) is 5.78 Å². The van der Waals surface area contributed by atoms with Crippen LogP contribution in [-0.4, -0.2) is 46.3 Å². The van der Waals surface area contributed by atoms with E-state index in [9.17, 15) is 9.59 Å². The van der Waals surface area contributed by atoms with Crippen molar-refractivity contribution in [2.45, 2.75) is 38.6 Å². The van der Waals surface area contributed by atoms with Gasteiger partial charge in [0.1, 0.15) is 12.0 Å². The molecule has 0 unspecified atom stereocenters. The first-order valence-corrected chi connectivity index (χ1v) is 10.1. The minimum absolute atomic E-state index is 0.0749. The average Bonchev–Trinajstić information content (AvgIpc) is 2.66. The fourth-order valence-corrected chi connectivity index (χ4v) is 4.10. The van der Waals surface area contributed by atoms with E-state index < -0.39 is 0 Å². The molecule has 1 saturated carbocycles. The minimum atomic E-state index is -0.212. The maximum Gasteiger partial charge on any atom is 0.238 e. The lowest BCUT2D eigenvalue weighted by Gasteiger charge is -2.54. The molecule has 2 aliphatic rings. The number of rotatable bonds is 8. The number of ketones is 1. The number of amides is 1. The molecule has 152 valence electrons. The van der Waals surface area contributed by atoms with Gasteiger partial charge < -0.3 is 16.0 Å². The van der Waals surface area contributed by atoms with Crippen LogP contribution >= 0.6 is 0 Å². The van der Waals surface area contributed by atoms with E-state index in [0.29, 0.717) is 35.7 Å². The first kappa shape index (κ1) is 19.6. The summed E-state index contributed by atoms with van der Waals surface area (Å²) in [5.74, 6) is 0.160. The van der Waals surface area contributed by atoms with Crippen molar-refractivity contribution in [2.24, 2.45) is 5.41 Å². The van der Waals surface area contributed by atoms with E-state index in [2.05, 4.69) is 30.9 Å². The average molecular weight is 394 g/mol. The van der Waals surface area contributed by atoms with Crippen molar-refractivity contribution in [3.05, 3.63) is 47.8 Å². The molecule has 0 aromatic carbocycles. The zero-order chi connectivity index (χ0) is 20.3. The Labute approximate surface area is 169 Å². The van der Waals surface area contributed by atoms with Gasteiger partial charge in [-0.05, 0) is 41.9 Å². The topological polar surface area (TPSA) is 109 Å². The standard InChI is InChI=1S/C21H26N6O2/c1-2-18(28)20-17(27-19(29)10-23-9-16-3-4-22-13-26-16)5-14(8-25-20)15-6-21(7-15)11-24-12-21/h3-5,8,13,15,23-24H,2,6-7,9-12H2,1H3,(H,27,29). The van der Waals surface area contributed by atoms with Gasteiger partial charge in [0.25, 0.3) is 0 Å². The highest BCUT2D eigenvalue weighted by Gasteiger charge is 2.48. The number of carbonyl (C=O) groups excluding carboxylic acids is 2. The number of Topliss-reactive ketones (excluding diaryl/α,β-unsaturated/α-hetero) is 1. The Kier molecular flexibility index (Phi) is 5.64. The molecule has 29 heavy (non-hydrogen) atoms. The molecule has 8 nitrogen and oxygen atoms in total. The molecular weight excluding hydrogens is 368 g/mol. The second kappa shape index (κ2) is 8.34. The number of hydrogen-bond acceptors (Lipinski definition) is 7. The number of nitrogens with zero attached hydrogens (tertiary/aromatic N) is 3. The summed E-state index contributed by atoms with van der Waals surface area (Å²) in [4.78, 5) is 37.1. The molecule has 1 saturated heterocycles. The van der Waals surface area contributed by atoms with Crippen LogP contribution in [0.3, 0.4) is 0 Å². The Morgan fingerprint density at radius 1 is 1.28 bits per heavy atom. The summed E-state index contributed by atoms with van der Waals surface area (Å²) in [5, 5.41) is 9.27. The van der Waals surface area contributed by atoms with E-state index in [-0.39, 0.29) is 18.2 Å². The maximum absolute atomic E-state index is 12.4. The van der Waals surface area contributed by atoms with Crippen LogP contribution in [0, 0.1) is 5.41 Å². The Bertz CT molecular complexity index is 889. The zero-order valence-corrected chi connectivity index (χ0v) is 16.6. The lowest BCUT2D eigenvalue weighted by Crippen LogP contribution is -2.59. The van der Waals surface area contributed by atoms with Gasteiger partial charge in [-0.2, -0.15) is 0 Å². The monoisotopic (exact) mass is 394 g/mol. The largest absolute Gasteiger partial charge is 0.323 e. The molecule has 0 bridgehead atoms. The molecule has 3 heterocycles. The zero-order valence-electron chi connectivity index (χ0n) is 16.6.